The molecule has 0 bridgehead atoms. The molecule has 2 aromatic heterocycles. The molecule has 1 aromatic carbocycles. The Hall–Kier alpha value is -3.74. The number of hydrogen-bond donors (Lipinski definition) is 4. The largest absolute Gasteiger partial charge is 0.433 e. The number of halogens is 4. The van der Waals surface area contributed by atoms with Crippen LogP contribution in [0.5, 0.6) is 0 Å². The number of rotatable bonds is 8. The molecule has 0 unspecified atom stereocenters. The molecule has 0 aliphatic carbocycles. The third-order valence-corrected chi connectivity index (χ3v) is 5.87. The normalized spacial score (nSPS) is 13.8. The average molecular weight is 534 g/mol. The number of alkyl halides is 3. The first-order valence-corrected chi connectivity index (χ1v) is 11.7. The summed E-state index contributed by atoms with van der Waals surface area (Å²) in [6.45, 7) is 0.507. The summed E-state index contributed by atoms with van der Waals surface area (Å²) in [5.74, 6) is -1.51. The summed E-state index contributed by atoms with van der Waals surface area (Å²) >= 11 is 6.15. The Balaban J connectivity index is 1.57. The Kier molecular flexibility index (Phi) is 7.91. The number of fused-ring (bicyclic) bond motifs is 1. The number of carbonyl (C=O) groups excluding carboxylic acids is 2. The van der Waals surface area contributed by atoms with Gasteiger partial charge in [0.1, 0.15) is 11.4 Å². The molecule has 0 saturated carbocycles. The van der Waals surface area contributed by atoms with Crippen LogP contribution >= 0.6 is 11.6 Å². The fourth-order valence-corrected chi connectivity index (χ4v) is 4.11. The minimum atomic E-state index is -4.85. The van der Waals surface area contributed by atoms with Gasteiger partial charge >= 0.3 is 6.18 Å². The van der Waals surface area contributed by atoms with Gasteiger partial charge in [-0.25, -0.2) is 10.4 Å². The van der Waals surface area contributed by atoms with Crippen LogP contribution in [0.1, 0.15) is 23.3 Å². The number of hydrogen-bond acceptors (Lipinski definition) is 7. The molecule has 13 heteroatoms. The fraction of sp³-hybridized carbons (Fsp3) is 0.250. The third-order valence-electron chi connectivity index (χ3n) is 5.58. The molecule has 0 atom stereocenters. The number of benzene rings is 1. The van der Waals surface area contributed by atoms with E-state index >= 15 is 0 Å². The van der Waals surface area contributed by atoms with E-state index in [2.05, 4.69) is 26.0 Å². The number of unbranched alkanes of at least 4 members (excludes halogenated alkanes) is 1. The number of nitrogens with one attached hydrogen (secondary N) is 3. The van der Waals surface area contributed by atoms with Crippen LogP contribution in [0.3, 0.4) is 0 Å². The lowest BCUT2D eigenvalue weighted by molar-refractivity contribution is -0.114. The smallest absolute Gasteiger partial charge is 0.351 e. The van der Waals surface area contributed by atoms with Crippen molar-refractivity contribution in [3.8, 4) is 0 Å². The number of anilines is 2. The van der Waals surface area contributed by atoms with Gasteiger partial charge in [0.2, 0.25) is 0 Å². The van der Waals surface area contributed by atoms with Gasteiger partial charge in [-0.05, 0) is 25.5 Å². The summed E-state index contributed by atoms with van der Waals surface area (Å²) in [6, 6.07) is 8.11. The first kappa shape index (κ1) is 26.3. The molecule has 3 aromatic rings. The van der Waals surface area contributed by atoms with Crippen molar-refractivity contribution in [3.63, 3.8) is 0 Å². The second-order valence-corrected chi connectivity index (χ2v) is 8.54. The molecule has 5 N–H and O–H groups in total. The SMILES string of the molecule is NCCCCNC(=O)c1ncc(NC(=O)C2=C(C(F)(F)F)N(c3cncc4ccccc34)NC2)cc1Cl. The molecule has 37 heavy (non-hydrogen) atoms. The molecule has 1 aliphatic rings. The number of nitrogens with two attached hydrogens (primary N) is 1. The number of amides is 2. The van der Waals surface area contributed by atoms with Gasteiger partial charge in [0, 0.05) is 30.1 Å². The quantitative estimate of drug-likeness (QED) is 0.326. The van der Waals surface area contributed by atoms with Crippen LogP contribution in [0.25, 0.3) is 10.8 Å². The summed E-state index contributed by atoms with van der Waals surface area (Å²) in [5.41, 5.74) is 6.49. The monoisotopic (exact) mass is 533 g/mol. The van der Waals surface area contributed by atoms with Gasteiger partial charge in [0.05, 0.1) is 34.4 Å². The number of pyridine rings is 2. The molecule has 0 fully saturated rings. The Bertz CT molecular complexity index is 1360. The lowest BCUT2D eigenvalue weighted by Gasteiger charge is -2.25. The van der Waals surface area contributed by atoms with Gasteiger partial charge in [0.15, 0.2) is 0 Å². The van der Waals surface area contributed by atoms with E-state index < -0.39 is 29.3 Å². The summed E-state index contributed by atoms with van der Waals surface area (Å²) in [5, 5.41) is 6.98. The molecule has 9 nitrogen and oxygen atoms in total. The van der Waals surface area contributed by atoms with Crippen molar-refractivity contribution in [2.75, 3.05) is 30.0 Å². The van der Waals surface area contributed by atoms with Crippen LogP contribution in [-0.2, 0) is 4.79 Å². The van der Waals surface area contributed by atoms with Crippen molar-refractivity contribution < 1.29 is 22.8 Å². The van der Waals surface area contributed by atoms with Crippen molar-refractivity contribution in [2.24, 2.45) is 5.73 Å². The standard InChI is InChI=1S/C24H23ClF3N7O2/c25-18-9-15(11-32-20(18)23(37)31-8-4-3-7-29)34-22(36)17-12-33-35(21(17)24(26,27)28)19-13-30-10-14-5-1-2-6-16(14)19/h1-2,5-6,9-11,13,33H,3-4,7-8,12,29H2,(H,31,37)(H,34,36). The minimum Gasteiger partial charge on any atom is -0.351 e. The van der Waals surface area contributed by atoms with E-state index in [4.69, 9.17) is 17.3 Å². The third kappa shape index (κ3) is 5.82. The van der Waals surface area contributed by atoms with Crippen molar-refractivity contribution in [1.82, 2.24) is 20.7 Å². The predicted octanol–water partition coefficient (Wildman–Crippen LogP) is 3.53. The topological polar surface area (TPSA) is 125 Å². The lowest BCUT2D eigenvalue weighted by Crippen LogP contribution is -2.37. The van der Waals surface area contributed by atoms with Crippen LogP contribution < -0.4 is 26.8 Å². The highest BCUT2D eigenvalue weighted by atomic mass is 35.5. The van der Waals surface area contributed by atoms with E-state index in [9.17, 15) is 22.8 Å². The number of nitrogens with zero attached hydrogens (tertiary/aromatic N) is 3. The number of aromatic nitrogens is 2. The van der Waals surface area contributed by atoms with Crippen molar-refractivity contribution >= 4 is 45.6 Å². The summed E-state index contributed by atoms with van der Waals surface area (Å²) in [4.78, 5) is 33.2. The molecule has 194 valence electrons. The molecular formula is C24H23ClF3N7O2. The van der Waals surface area contributed by atoms with E-state index in [0.29, 0.717) is 30.3 Å². The first-order valence-electron chi connectivity index (χ1n) is 11.3. The number of carbonyl (C=O) groups is 2. The van der Waals surface area contributed by atoms with Crippen molar-refractivity contribution in [3.05, 3.63) is 70.9 Å². The van der Waals surface area contributed by atoms with Gasteiger partial charge in [0.25, 0.3) is 11.8 Å². The van der Waals surface area contributed by atoms with Crippen LogP contribution in [0.15, 0.2) is 60.2 Å². The summed E-state index contributed by atoms with van der Waals surface area (Å²) in [6.07, 6.45) is 0.567. The van der Waals surface area contributed by atoms with Gasteiger partial charge in [-0.2, -0.15) is 13.2 Å². The Morgan fingerprint density at radius 3 is 2.65 bits per heavy atom. The van der Waals surface area contributed by atoms with Crippen LogP contribution in [-0.4, -0.2) is 47.6 Å². The van der Waals surface area contributed by atoms with E-state index in [1.54, 1.807) is 30.5 Å². The minimum absolute atomic E-state index is 0.0361. The predicted molar refractivity (Wildman–Crippen MR) is 134 cm³/mol. The van der Waals surface area contributed by atoms with Gasteiger partial charge in [-0.15, -0.1) is 0 Å². The van der Waals surface area contributed by atoms with Gasteiger partial charge < -0.3 is 16.4 Å². The molecule has 2 amide bonds. The maximum Gasteiger partial charge on any atom is 0.433 e. The number of allylic oxidation sites excluding steroid dienone is 1. The molecule has 0 saturated heterocycles. The van der Waals surface area contributed by atoms with Crippen LogP contribution in [0.2, 0.25) is 5.02 Å². The van der Waals surface area contributed by atoms with Crippen LogP contribution in [0, 0.1) is 0 Å². The van der Waals surface area contributed by atoms with Crippen LogP contribution in [0.4, 0.5) is 24.5 Å². The second kappa shape index (κ2) is 11.1. The maximum absolute atomic E-state index is 14.2. The lowest BCUT2D eigenvalue weighted by atomic mass is 10.1. The van der Waals surface area contributed by atoms with E-state index in [1.165, 1.54) is 12.3 Å². The zero-order valence-electron chi connectivity index (χ0n) is 19.4. The maximum atomic E-state index is 14.2. The van der Waals surface area contributed by atoms with E-state index in [-0.39, 0.29) is 28.6 Å². The highest BCUT2D eigenvalue weighted by molar-refractivity contribution is 6.33. The average Bonchev–Trinajstić information content (AvgIpc) is 3.32. The Labute approximate surface area is 214 Å². The highest BCUT2D eigenvalue weighted by Crippen LogP contribution is 2.38. The second-order valence-electron chi connectivity index (χ2n) is 8.14. The molecule has 4 rings (SSSR count). The van der Waals surface area contributed by atoms with Gasteiger partial charge in [-0.3, -0.25) is 19.6 Å². The van der Waals surface area contributed by atoms with E-state index in [1.807, 2.05) is 0 Å². The molecular weight excluding hydrogens is 511 g/mol. The first-order chi connectivity index (χ1) is 17.7. The zero-order valence-corrected chi connectivity index (χ0v) is 20.2. The van der Waals surface area contributed by atoms with Crippen molar-refractivity contribution in [1.29, 1.82) is 0 Å². The highest BCUT2D eigenvalue weighted by Gasteiger charge is 2.46. The van der Waals surface area contributed by atoms with Crippen molar-refractivity contribution in [2.45, 2.75) is 19.0 Å². The Morgan fingerprint density at radius 2 is 1.92 bits per heavy atom. The molecule has 0 radical (unpaired) electrons. The molecule has 0 spiro atoms. The Morgan fingerprint density at radius 1 is 1.14 bits per heavy atom. The van der Waals surface area contributed by atoms with Gasteiger partial charge in [-0.1, -0.05) is 35.9 Å². The van der Waals surface area contributed by atoms with E-state index in [0.717, 1.165) is 17.6 Å². The summed E-state index contributed by atoms with van der Waals surface area (Å²) < 4.78 is 42.5. The molecule has 3 heterocycles. The molecule has 1 aliphatic heterocycles. The summed E-state index contributed by atoms with van der Waals surface area (Å²) in [7, 11) is 0. The number of hydrazine groups is 1. The zero-order chi connectivity index (χ0) is 26.6. The fourth-order valence-electron chi connectivity index (χ4n) is 3.86.